The highest BCUT2D eigenvalue weighted by molar-refractivity contribution is 6.10. The number of benzene rings is 3. The lowest BCUT2D eigenvalue weighted by molar-refractivity contribution is -0.0210. The van der Waals surface area contributed by atoms with Gasteiger partial charge < -0.3 is 24.2 Å². The zero-order chi connectivity index (χ0) is 28.4. The number of nitrogens with zero attached hydrogens (tertiary/aromatic N) is 3. The molecule has 4 aromatic rings. The first-order valence-corrected chi connectivity index (χ1v) is 13.8. The summed E-state index contributed by atoms with van der Waals surface area (Å²) in [4.78, 5) is 31.0. The van der Waals surface area contributed by atoms with Gasteiger partial charge in [-0.1, -0.05) is 67.6 Å². The Balaban J connectivity index is 1.60. The third kappa shape index (κ3) is 5.15. The highest BCUT2D eigenvalue weighted by atomic mass is 16.5. The van der Waals surface area contributed by atoms with Crippen molar-refractivity contribution in [3.63, 3.8) is 0 Å². The topological polar surface area (TPSA) is 75.0 Å². The first-order chi connectivity index (χ1) is 19.3. The van der Waals surface area contributed by atoms with Crippen LogP contribution in [0.3, 0.4) is 0 Å². The molecule has 40 heavy (non-hydrogen) atoms. The van der Waals surface area contributed by atoms with E-state index in [0.717, 1.165) is 27.6 Å². The van der Waals surface area contributed by atoms with Gasteiger partial charge in [0, 0.05) is 55.1 Å². The average molecular weight is 540 g/mol. The van der Waals surface area contributed by atoms with Crippen molar-refractivity contribution >= 4 is 22.7 Å². The number of amides is 2. The molecule has 0 spiro atoms. The smallest absolute Gasteiger partial charge is 0.271 e. The minimum absolute atomic E-state index is 0.0818. The standard InChI is InChI=1S/C33H37N3O4/c1-22-18-36(23(2)20-37)33(39)31-30(27-16-10-11-17-28(27)35(31)4)26-15-9-8-14-25(26)21-40-29(22)19-34(3)32(38)24-12-6-5-7-13-24/h5-17,22-23,29,37H,18-21H2,1-4H3/t22-,23+,29+/m0/s1. The van der Waals surface area contributed by atoms with E-state index in [2.05, 4.69) is 0 Å². The van der Waals surface area contributed by atoms with Crippen LogP contribution in [0.5, 0.6) is 0 Å². The quantitative estimate of drug-likeness (QED) is 0.388. The summed E-state index contributed by atoms with van der Waals surface area (Å²) in [6.45, 7) is 4.82. The highest BCUT2D eigenvalue weighted by Gasteiger charge is 2.34. The van der Waals surface area contributed by atoms with Crippen molar-refractivity contribution in [3.05, 3.63) is 95.7 Å². The van der Waals surface area contributed by atoms with E-state index < -0.39 is 6.04 Å². The van der Waals surface area contributed by atoms with E-state index >= 15 is 0 Å². The lowest BCUT2D eigenvalue weighted by atomic mass is 9.96. The van der Waals surface area contributed by atoms with Crippen LogP contribution in [0.4, 0.5) is 0 Å². The molecule has 5 rings (SSSR count). The molecule has 2 amide bonds. The minimum atomic E-state index is -0.402. The number of fused-ring (bicyclic) bond motifs is 5. The number of para-hydroxylation sites is 1. The van der Waals surface area contributed by atoms with Gasteiger partial charge in [-0.05, 0) is 36.2 Å². The fourth-order valence-electron chi connectivity index (χ4n) is 5.68. The number of carbonyl (C=O) groups excluding carboxylic acids is 2. The second-order valence-corrected chi connectivity index (χ2v) is 10.8. The van der Waals surface area contributed by atoms with Crippen LogP contribution in [0.15, 0.2) is 78.9 Å². The second kappa shape index (κ2) is 11.7. The second-order valence-electron chi connectivity index (χ2n) is 10.8. The fourth-order valence-corrected chi connectivity index (χ4v) is 5.68. The molecule has 1 aliphatic rings. The number of likely N-dealkylation sites (N-methyl/N-ethyl adjacent to an activating group) is 1. The molecule has 1 aromatic heterocycles. The fraction of sp³-hybridized carbons (Fsp3) is 0.333. The number of ether oxygens (including phenoxy) is 1. The molecular formula is C33H37N3O4. The van der Waals surface area contributed by atoms with Gasteiger partial charge >= 0.3 is 0 Å². The van der Waals surface area contributed by atoms with Gasteiger partial charge in [0.25, 0.3) is 11.8 Å². The molecule has 0 unspecified atom stereocenters. The van der Waals surface area contributed by atoms with Crippen molar-refractivity contribution in [1.29, 1.82) is 0 Å². The van der Waals surface area contributed by atoms with Crippen molar-refractivity contribution in [2.75, 3.05) is 26.7 Å². The molecular weight excluding hydrogens is 502 g/mol. The Labute approximate surface area is 235 Å². The molecule has 1 N–H and O–H groups in total. The van der Waals surface area contributed by atoms with Crippen LogP contribution < -0.4 is 0 Å². The van der Waals surface area contributed by atoms with Crippen LogP contribution in [0.1, 0.15) is 40.3 Å². The lowest BCUT2D eigenvalue weighted by Crippen LogP contribution is -2.48. The maximum Gasteiger partial charge on any atom is 0.271 e. The Morgan fingerprint density at radius 1 is 1.05 bits per heavy atom. The minimum Gasteiger partial charge on any atom is -0.394 e. The van der Waals surface area contributed by atoms with Crippen LogP contribution in [0.25, 0.3) is 22.0 Å². The number of carbonyl (C=O) groups is 2. The Morgan fingerprint density at radius 3 is 2.48 bits per heavy atom. The zero-order valence-electron chi connectivity index (χ0n) is 23.6. The normalized spacial score (nSPS) is 18.5. The van der Waals surface area contributed by atoms with Crippen molar-refractivity contribution in [1.82, 2.24) is 14.4 Å². The summed E-state index contributed by atoms with van der Waals surface area (Å²) in [6, 6.07) is 24.9. The molecule has 0 radical (unpaired) electrons. The van der Waals surface area contributed by atoms with Crippen LogP contribution in [-0.4, -0.2) is 70.2 Å². The van der Waals surface area contributed by atoms with Crippen molar-refractivity contribution in [2.45, 2.75) is 32.6 Å². The molecule has 7 nitrogen and oxygen atoms in total. The van der Waals surface area contributed by atoms with Crippen LogP contribution in [-0.2, 0) is 18.4 Å². The van der Waals surface area contributed by atoms with Crippen molar-refractivity contribution in [2.24, 2.45) is 13.0 Å². The summed E-state index contributed by atoms with van der Waals surface area (Å²) in [5.74, 6) is -0.333. The molecule has 2 heterocycles. The summed E-state index contributed by atoms with van der Waals surface area (Å²) in [5, 5.41) is 11.2. The zero-order valence-corrected chi connectivity index (χ0v) is 23.6. The van der Waals surface area contributed by atoms with E-state index in [4.69, 9.17) is 4.74 Å². The SMILES string of the molecule is C[C@H](CO)N1C[C@H](C)[C@@H](CN(C)C(=O)c2ccccc2)OCc2ccccc2-c2c(n(C)c3ccccc23)C1=O. The molecule has 3 aromatic carbocycles. The third-order valence-electron chi connectivity index (χ3n) is 8.05. The van der Waals surface area contributed by atoms with Gasteiger partial charge in [-0.2, -0.15) is 0 Å². The largest absolute Gasteiger partial charge is 0.394 e. The average Bonchev–Trinajstić information content (AvgIpc) is 3.28. The molecule has 1 aliphatic heterocycles. The monoisotopic (exact) mass is 539 g/mol. The maximum absolute atomic E-state index is 14.4. The number of hydrogen-bond donors (Lipinski definition) is 1. The maximum atomic E-state index is 14.4. The molecule has 0 fully saturated rings. The number of rotatable bonds is 5. The van der Waals surface area contributed by atoms with Crippen molar-refractivity contribution in [3.8, 4) is 11.1 Å². The molecule has 208 valence electrons. The number of aryl methyl sites for hydroxylation is 1. The summed E-state index contributed by atoms with van der Waals surface area (Å²) >= 11 is 0. The third-order valence-corrected chi connectivity index (χ3v) is 8.05. The molecule has 3 atom stereocenters. The molecule has 0 saturated heterocycles. The molecule has 7 heteroatoms. The predicted octanol–water partition coefficient (Wildman–Crippen LogP) is 4.98. The Hall–Kier alpha value is -3.94. The van der Waals surface area contributed by atoms with E-state index in [-0.39, 0.29) is 30.4 Å². The van der Waals surface area contributed by atoms with Gasteiger partial charge in [-0.3, -0.25) is 9.59 Å². The number of aliphatic hydroxyl groups excluding tert-OH is 1. The first kappa shape index (κ1) is 27.6. The Kier molecular flexibility index (Phi) is 8.05. The van der Waals surface area contributed by atoms with Gasteiger partial charge in [0.05, 0.1) is 25.4 Å². The summed E-state index contributed by atoms with van der Waals surface area (Å²) < 4.78 is 8.57. The first-order valence-electron chi connectivity index (χ1n) is 13.8. The number of hydrogen-bond acceptors (Lipinski definition) is 4. The van der Waals surface area contributed by atoms with E-state index in [1.165, 1.54) is 0 Å². The molecule has 0 bridgehead atoms. The van der Waals surface area contributed by atoms with E-state index in [9.17, 15) is 14.7 Å². The molecule has 0 saturated carbocycles. The lowest BCUT2D eigenvalue weighted by Gasteiger charge is -2.35. The number of aliphatic hydroxyl groups is 1. The van der Waals surface area contributed by atoms with Gasteiger partial charge in [-0.15, -0.1) is 0 Å². The van der Waals surface area contributed by atoms with E-state index in [1.54, 1.807) is 16.8 Å². The Morgan fingerprint density at radius 2 is 1.73 bits per heavy atom. The molecule has 0 aliphatic carbocycles. The van der Waals surface area contributed by atoms with E-state index in [0.29, 0.717) is 31.0 Å². The Bertz CT molecular complexity index is 1510. The van der Waals surface area contributed by atoms with Crippen LogP contribution in [0, 0.1) is 5.92 Å². The number of aromatic nitrogens is 1. The summed E-state index contributed by atoms with van der Waals surface area (Å²) in [5.41, 5.74) is 4.98. The van der Waals surface area contributed by atoms with Gasteiger partial charge in [0.2, 0.25) is 0 Å². The highest BCUT2D eigenvalue weighted by Crippen LogP contribution is 2.38. The van der Waals surface area contributed by atoms with Crippen LogP contribution in [0.2, 0.25) is 0 Å². The predicted molar refractivity (Wildman–Crippen MR) is 157 cm³/mol. The van der Waals surface area contributed by atoms with Gasteiger partial charge in [0.1, 0.15) is 5.69 Å². The van der Waals surface area contributed by atoms with E-state index in [1.807, 2.05) is 104 Å². The van der Waals surface area contributed by atoms with Gasteiger partial charge in [-0.25, -0.2) is 0 Å². The van der Waals surface area contributed by atoms with Crippen LogP contribution >= 0.6 is 0 Å². The summed E-state index contributed by atoms with van der Waals surface area (Å²) in [6.07, 6.45) is -0.343. The van der Waals surface area contributed by atoms with Crippen molar-refractivity contribution < 1.29 is 19.4 Å². The van der Waals surface area contributed by atoms with Gasteiger partial charge in [0.15, 0.2) is 0 Å². The summed E-state index contributed by atoms with van der Waals surface area (Å²) in [7, 11) is 3.71.